The Balaban J connectivity index is 1.91. The molecule has 3 aromatic rings. The number of hydrogen-bond acceptors (Lipinski definition) is 4. The number of nitrogens with one attached hydrogen (secondary N) is 1. The zero-order valence-electron chi connectivity index (χ0n) is 24.4. The van der Waals surface area contributed by atoms with Crippen LogP contribution in [0.5, 0.6) is 0 Å². The van der Waals surface area contributed by atoms with Gasteiger partial charge in [-0.1, -0.05) is 60.7 Å². The highest BCUT2D eigenvalue weighted by Crippen LogP contribution is 2.25. The zero-order valence-corrected chi connectivity index (χ0v) is 25.2. The topological polar surface area (TPSA) is 86.8 Å². The number of nitrogens with zero attached hydrogens (tertiary/aromatic N) is 2. The number of hydrogen-bond donors (Lipinski definition) is 1. The van der Waals surface area contributed by atoms with E-state index in [-0.39, 0.29) is 50.2 Å². The minimum absolute atomic E-state index is 0.0222. The quantitative estimate of drug-likeness (QED) is 0.302. The van der Waals surface area contributed by atoms with Crippen LogP contribution in [-0.2, 0) is 32.6 Å². The lowest BCUT2D eigenvalue weighted by atomic mass is 10.0. The van der Waals surface area contributed by atoms with E-state index >= 15 is 0 Å². The van der Waals surface area contributed by atoms with Gasteiger partial charge in [0.25, 0.3) is 0 Å². The van der Waals surface area contributed by atoms with Gasteiger partial charge in [-0.3, -0.25) is 13.9 Å². The first-order valence-corrected chi connectivity index (χ1v) is 15.6. The molecule has 9 heteroatoms. The fraction of sp³-hybridized carbons (Fsp3) is 0.375. The number of halogens is 1. The fourth-order valence-electron chi connectivity index (χ4n) is 4.72. The molecule has 0 heterocycles. The summed E-state index contributed by atoms with van der Waals surface area (Å²) in [6.45, 7) is 7.41. The van der Waals surface area contributed by atoms with Gasteiger partial charge in [0, 0.05) is 37.5 Å². The second kappa shape index (κ2) is 14.3. The van der Waals surface area contributed by atoms with Gasteiger partial charge in [0.15, 0.2) is 0 Å². The number of anilines is 1. The van der Waals surface area contributed by atoms with Crippen molar-refractivity contribution < 1.29 is 22.4 Å². The van der Waals surface area contributed by atoms with Crippen molar-refractivity contribution in [3.63, 3.8) is 0 Å². The number of carbonyl (C=O) groups excluding carboxylic acids is 2. The Labute approximate surface area is 243 Å². The van der Waals surface area contributed by atoms with E-state index in [0.29, 0.717) is 11.3 Å². The molecule has 1 atom stereocenters. The highest BCUT2D eigenvalue weighted by molar-refractivity contribution is 7.92. The molecular formula is C32H40FN3O4S. The van der Waals surface area contributed by atoms with E-state index in [1.165, 1.54) is 15.3 Å². The summed E-state index contributed by atoms with van der Waals surface area (Å²) in [5.74, 6) is -1.16. The minimum atomic E-state index is -3.62. The summed E-state index contributed by atoms with van der Waals surface area (Å²) in [5, 5.41) is 2.91. The molecule has 2 amide bonds. The van der Waals surface area contributed by atoms with Gasteiger partial charge in [0.05, 0.1) is 11.9 Å². The van der Waals surface area contributed by atoms with Gasteiger partial charge in [-0.2, -0.15) is 0 Å². The maximum Gasteiger partial charge on any atom is 0.243 e. The van der Waals surface area contributed by atoms with Crippen LogP contribution < -0.4 is 9.62 Å². The summed E-state index contributed by atoms with van der Waals surface area (Å²) in [7, 11) is -3.62. The van der Waals surface area contributed by atoms with Crippen LogP contribution in [0.2, 0.25) is 0 Å². The van der Waals surface area contributed by atoms with Gasteiger partial charge in [-0.05, 0) is 62.9 Å². The Morgan fingerprint density at radius 3 is 2.24 bits per heavy atom. The lowest BCUT2D eigenvalue weighted by Crippen LogP contribution is -2.52. The molecule has 7 nitrogen and oxygen atoms in total. The molecule has 0 spiro atoms. The van der Waals surface area contributed by atoms with Crippen LogP contribution in [0, 0.1) is 19.7 Å². The molecule has 220 valence electrons. The van der Waals surface area contributed by atoms with Crippen LogP contribution >= 0.6 is 0 Å². The Kier molecular flexibility index (Phi) is 11.1. The molecule has 41 heavy (non-hydrogen) atoms. The largest absolute Gasteiger partial charge is 0.352 e. The summed E-state index contributed by atoms with van der Waals surface area (Å²) in [5.41, 5.74) is 3.46. The van der Waals surface area contributed by atoms with Gasteiger partial charge < -0.3 is 10.2 Å². The molecule has 0 aliphatic carbocycles. The average Bonchev–Trinajstić information content (AvgIpc) is 2.90. The third-order valence-corrected chi connectivity index (χ3v) is 7.97. The first-order chi connectivity index (χ1) is 19.4. The molecule has 3 rings (SSSR count). The summed E-state index contributed by atoms with van der Waals surface area (Å²) in [6, 6.07) is 20.1. The van der Waals surface area contributed by atoms with Gasteiger partial charge in [0.1, 0.15) is 11.9 Å². The van der Waals surface area contributed by atoms with Crippen LogP contribution in [0.15, 0.2) is 72.8 Å². The SMILES string of the molecule is Cc1ccc(C)c(N(CCCC(=O)N(Cc2ccccc2F)[C@H](Cc2ccccc2)C(=O)NC(C)C)S(C)(=O)=O)c1. The molecule has 1 N–H and O–H groups in total. The smallest absolute Gasteiger partial charge is 0.243 e. The predicted octanol–water partition coefficient (Wildman–Crippen LogP) is 5.15. The van der Waals surface area contributed by atoms with E-state index < -0.39 is 21.9 Å². The van der Waals surface area contributed by atoms with Gasteiger partial charge >= 0.3 is 0 Å². The molecule has 0 fully saturated rings. The van der Waals surface area contributed by atoms with Crippen LogP contribution in [0.25, 0.3) is 0 Å². The molecular weight excluding hydrogens is 541 g/mol. The standard InChI is InChI=1S/C32H40FN3O4S/c1-23(2)34-32(38)30(21-26-12-7-6-8-13-26)35(22-27-14-9-10-15-28(27)33)31(37)16-11-19-36(41(5,39)40)29-20-24(3)17-18-25(29)4/h6-10,12-15,17-18,20,23,30H,11,16,19,21-22H2,1-5H3,(H,34,38)/t30-/m1/s1. The molecule has 0 aliphatic heterocycles. The van der Waals surface area contributed by atoms with Crippen molar-refractivity contribution in [1.29, 1.82) is 0 Å². The number of rotatable bonds is 13. The molecule has 0 aliphatic rings. The molecule has 0 bridgehead atoms. The highest BCUT2D eigenvalue weighted by Gasteiger charge is 2.31. The van der Waals surface area contributed by atoms with Crippen molar-refractivity contribution >= 4 is 27.5 Å². The van der Waals surface area contributed by atoms with Gasteiger partial charge in [0.2, 0.25) is 21.8 Å². The fourth-order valence-corrected chi connectivity index (χ4v) is 5.73. The van der Waals surface area contributed by atoms with Crippen molar-refractivity contribution in [1.82, 2.24) is 10.2 Å². The maximum absolute atomic E-state index is 14.8. The zero-order chi connectivity index (χ0) is 30.2. The van der Waals surface area contributed by atoms with E-state index in [9.17, 15) is 22.4 Å². The van der Waals surface area contributed by atoms with Crippen molar-refractivity contribution in [3.05, 3.63) is 101 Å². The normalized spacial score (nSPS) is 12.2. The van der Waals surface area contributed by atoms with Crippen molar-refractivity contribution in [2.45, 2.75) is 65.6 Å². The summed E-state index contributed by atoms with van der Waals surface area (Å²) in [4.78, 5) is 28.7. The van der Waals surface area contributed by atoms with E-state index in [4.69, 9.17) is 0 Å². The molecule has 3 aromatic carbocycles. The maximum atomic E-state index is 14.8. The molecule has 0 saturated carbocycles. The Hall–Kier alpha value is -3.72. The van der Waals surface area contributed by atoms with Crippen LogP contribution in [-0.4, -0.2) is 50.0 Å². The average molecular weight is 582 g/mol. The monoisotopic (exact) mass is 581 g/mol. The first kappa shape index (κ1) is 31.8. The van der Waals surface area contributed by atoms with Gasteiger partial charge in [-0.25, -0.2) is 12.8 Å². The van der Waals surface area contributed by atoms with Crippen LogP contribution in [0.3, 0.4) is 0 Å². The third kappa shape index (κ3) is 9.14. The number of aryl methyl sites for hydroxylation is 2. The lowest BCUT2D eigenvalue weighted by molar-refractivity contribution is -0.141. The highest BCUT2D eigenvalue weighted by atomic mass is 32.2. The van der Waals surface area contributed by atoms with Crippen LogP contribution in [0.4, 0.5) is 10.1 Å². The third-order valence-electron chi connectivity index (χ3n) is 6.79. The lowest BCUT2D eigenvalue weighted by Gasteiger charge is -2.32. The van der Waals surface area contributed by atoms with E-state index in [1.54, 1.807) is 18.2 Å². The Morgan fingerprint density at radius 1 is 0.951 bits per heavy atom. The van der Waals surface area contributed by atoms with Crippen molar-refractivity contribution in [2.75, 3.05) is 17.1 Å². The Morgan fingerprint density at radius 2 is 1.61 bits per heavy atom. The summed E-state index contributed by atoms with van der Waals surface area (Å²) in [6.07, 6.45) is 1.59. The number of amides is 2. The van der Waals surface area contributed by atoms with E-state index in [1.807, 2.05) is 76.2 Å². The van der Waals surface area contributed by atoms with E-state index in [2.05, 4.69) is 5.32 Å². The number of benzene rings is 3. The molecule has 0 unspecified atom stereocenters. The molecule has 0 aromatic heterocycles. The van der Waals surface area contributed by atoms with Crippen LogP contribution in [0.1, 0.15) is 48.9 Å². The summed E-state index contributed by atoms with van der Waals surface area (Å²) >= 11 is 0. The Bertz CT molecular complexity index is 1440. The van der Waals surface area contributed by atoms with Crippen molar-refractivity contribution in [3.8, 4) is 0 Å². The minimum Gasteiger partial charge on any atom is -0.352 e. The number of carbonyl (C=O) groups is 2. The molecule has 0 radical (unpaired) electrons. The summed E-state index contributed by atoms with van der Waals surface area (Å²) < 4.78 is 41.5. The van der Waals surface area contributed by atoms with Crippen molar-refractivity contribution in [2.24, 2.45) is 0 Å². The first-order valence-electron chi connectivity index (χ1n) is 13.8. The van der Waals surface area contributed by atoms with Gasteiger partial charge in [-0.15, -0.1) is 0 Å². The molecule has 0 saturated heterocycles. The second-order valence-corrected chi connectivity index (χ2v) is 12.6. The second-order valence-electron chi connectivity index (χ2n) is 10.7. The predicted molar refractivity (Wildman–Crippen MR) is 162 cm³/mol. The van der Waals surface area contributed by atoms with E-state index in [0.717, 1.165) is 22.9 Å². The number of sulfonamides is 1.